The highest BCUT2D eigenvalue weighted by atomic mass is 16.8. The first kappa shape index (κ1) is 14.6. The Morgan fingerprint density at radius 1 is 1.45 bits per heavy atom. The number of nitrogens with zero attached hydrogens (tertiary/aromatic N) is 2. The van der Waals surface area contributed by atoms with Crippen LogP contribution in [0.1, 0.15) is 33.6 Å². The molecule has 0 aliphatic carbocycles. The monoisotopic (exact) mass is 278 g/mol. The zero-order valence-electron chi connectivity index (χ0n) is 12.3. The Morgan fingerprint density at radius 2 is 2.25 bits per heavy atom. The van der Waals surface area contributed by atoms with Gasteiger partial charge in [0.2, 0.25) is 0 Å². The lowest BCUT2D eigenvalue weighted by atomic mass is 9.91. The normalized spacial score (nSPS) is 22.4. The van der Waals surface area contributed by atoms with E-state index in [4.69, 9.17) is 9.57 Å². The molecule has 0 radical (unpaired) electrons. The molecule has 0 amide bonds. The number of rotatable bonds is 2. The van der Waals surface area contributed by atoms with Gasteiger partial charge in [0.25, 0.3) is 0 Å². The van der Waals surface area contributed by atoms with E-state index < -0.39 is 11.8 Å². The lowest BCUT2D eigenvalue weighted by molar-refractivity contribution is -0.108. The molecule has 0 fully saturated rings. The van der Waals surface area contributed by atoms with Gasteiger partial charge in [-0.2, -0.15) is 0 Å². The molecule has 0 N–H and O–H groups in total. The molecule has 0 saturated heterocycles. The van der Waals surface area contributed by atoms with Crippen molar-refractivity contribution >= 4 is 12.4 Å². The Kier molecular flexibility index (Phi) is 4.47. The number of hydrogen-bond acceptors (Lipinski definition) is 5. The van der Waals surface area contributed by atoms with Crippen LogP contribution in [0.5, 0.6) is 0 Å². The Labute approximate surface area is 119 Å². The summed E-state index contributed by atoms with van der Waals surface area (Å²) in [6, 6.07) is 0. The summed E-state index contributed by atoms with van der Waals surface area (Å²) >= 11 is 0. The number of hydrogen-bond donors (Lipinski definition) is 0. The first-order valence-electron chi connectivity index (χ1n) is 6.98. The van der Waals surface area contributed by atoms with Gasteiger partial charge in [-0.25, -0.2) is 9.86 Å². The van der Waals surface area contributed by atoms with E-state index in [-0.39, 0.29) is 0 Å². The Balaban J connectivity index is 1.82. The average Bonchev–Trinajstić information content (AvgIpc) is 2.38. The lowest BCUT2D eigenvalue weighted by Crippen LogP contribution is -2.30. The van der Waals surface area contributed by atoms with E-state index >= 15 is 0 Å². The molecule has 5 nitrogen and oxygen atoms in total. The van der Waals surface area contributed by atoms with Crippen molar-refractivity contribution in [3.8, 4) is 0 Å². The molecular weight excluding hydrogens is 256 g/mol. The summed E-state index contributed by atoms with van der Waals surface area (Å²) in [5.41, 5.74) is 0.725. The lowest BCUT2D eigenvalue weighted by Gasteiger charge is -2.26. The highest BCUT2D eigenvalue weighted by Gasteiger charge is 2.21. The molecule has 2 aliphatic rings. The van der Waals surface area contributed by atoms with Crippen LogP contribution in [0.2, 0.25) is 0 Å². The fraction of sp³-hybridized carbons (Fsp3) is 0.600. The number of hydroxylamine groups is 2. The van der Waals surface area contributed by atoms with Gasteiger partial charge < -0.3 is 9.57 Å². The molecule has 20 heavy (non-hydrogen) atoms. The van der Waals surface area contributed by atoms with Gasteiger partial charge in [0.05, 0.1) is 6.54 Å². The van der Waals surface area contributed by atoms with Crippen LogP contribution in [0, 0.1) is 5.92 Å². The van der Waals surface area contributed by atoms with Crippen molar-refractivity contribution in [2.45, 2.75) is 39.2 Å². The number of allylic oxidation sites excluding steroid dienone is 1. The van der Waals surface area contributed by atoms with E-state index in [1.165, 1.54) is 10.6 Å². The number of carbonyl (C=O) groups is 1. The summed E-state index contributed by atoms with van der Waals surface area (Å²) in [5.74, 6) is 0.486. The maximum atomic E-state index is 11.6. The molecule has 0 aromatic rings. The molecule has 2 aliphatic heterocycles. The van der Waals surface area contributed by atoms with Crippen molar-refractivity contribution in [3.63, 3.8) is 0 Å². The van der Waals surface area contributed by atoms with Crippen molar-refractivity contribution in [1.29, 1.82) is 0 Å². The molecule has 5 heteroatoms. The Morgan fingerprint density at radius 3 is 2.80 bits per heavy atom. The fourth-order valence-corrected chi connectivity index (χ4v) is 2.16. The molecule has 1 unspecified atom stereocenters. The van der Waals surface area contributed by atoms with Crippen LogP contribution in [0.4, 0.5) is 4.79 Å². The smallest absolute Gasteiger partial charge is 0.427 e. The molecule has 1 atom stereocenters. The van der Waals surface area contributed by atoms with Crippen LogP contribution in [0.15, 0.2) is 28.9 Å². The van der Waals surface area contributed by atoms with Gasteiger partial charge in [-0.05, 0) is 51.5 Å². The molecule has 2 rings (SSSR count). The van der Waals surface area contributed by atoms with E-state index in [1.54, 1.807) is 6.20 Å². The Bertz CT molecular complexity index is 447. The number of ether oxygens (including phenoxy) is 1. The van der Waals surface area contributed by atoms with Crippen LogP contribution in [-0.4, -0.2) is 36.1 Å². The highest BCUT2D eigenvalue weighted by molar-refractivity contribution is 5.60. The summed E-state index contributed by atoms with van der Waals surface area (Å²) in [5, 5.41) is 1.48. The van der Waals surface area contributed by atoms with Gasteiger partial charge >= 0.3 is 6.16 Å². The van der Waals surface area contributed by atoms with Crippen LogP contribution >= 0.6 is 0 Å². The second-order valence-electron chi connectivity index (χ2n) is 6.00. The van der Waals surface area contributed by atoms with E-state index in [0.29, 0.717) is 12.5 Å². The zero-order valence-corrected chi connectivity index (χ0v) is 12.3. The minimum atomic E-state index is -0.679. The average molecular weight is 278 g/mol. The summed E-state index contributed by atoms with van der Waals surface area (Å²) in [6.07, 6.45) is 9.32. The van der Waals surface area contributed by atoms with E-state index in [9.17, 15) is 4.79 Å². The first-order chi connectivity index (χ1) is 9.44. The quantitative estimate of drug-likeness (QED) is 0.728. The van der Waals surface area contributed by atoms with E-state index in [1.807, 2.05) is 33.1 Å². The zero-order chi connectivity index (χ0) is 14.6. The fourth-order valence-electron chi connectivity index (χ4n) is 2.16. The van der Waals surface area contributed by atoms with Gasteiger partial charge in [0.15, 0.2) is 0 Å². The van der Waals surface area contributed by atoms with Gasteiger partial charge in [-0.15, -0.1) is 0 Å². The maximum Gasteiger partial charge on any atom is 0.533 e. The van der Waals surface area contributed by atoms with Gasteiger partial charge in [-0.3, -0.25) is 4.99 Å². The van der Waals surface area contributed by atoms with Gasteiger partial charge in [0.1, 0.15) is 5.60 Å². The molecule has 0 spiro atoms. The predicted molar refractivity (Wildman–Crippen MR) is 77.3 cm³/mol. The maximum absolute atomic E-state index is 11.6. The molecular formula is C15H22N2O3. The minimum Gasteiger partial charge on any atom is -0.427 e. The molecule has 0 saturated carbocycles. The van der Waals surface area contributed by atoms with Crippen LogP contribution in [0.25, 0.3) is 0 Å². The molecule has 0 bridgehead atoms. The van der Waals surface area contributed by atoms with Gasteiger partial charge in [-0.1, -0.05) is 6.08 Å². The summed E-state index contributed by atoms with van der Waals surface area (Å²) in [7, 11) is 0. The van der Waals surface area contributed by atoms with Gasteiger partial charge in [0, 0.05) is 18.7 Å². The van der Waals surface area contributed by atoms with E-state index in [0.717, 1.165) is 19.4 Å². The third kappa shape index (κ3) is 4.40. The Hall–Kier alpha value is -1.78. The number of aliphatic imine (C=N–C) groups is 1. The standard InChI is InChI=1S/C15H22N2O3/c1-15(2,3)19-14(18)20-17-9-6-12(7-10-17)13-5-4-8-16-11-13/h6-9,13H,4-5,10-11H2,1-3H3. The van der Waals surface area contributed by atoms with Crippen molar-refractivity contribution < 1.29 is 14.4 Å². The molecule has 2 heterocycles. The van der Waals surface area contributed by atoms with Crippen molar-refractivity contribution in [3.05, 3.63) is 23.9 Å². The first-order valence-corrected chi connectivity index (χ1v) is 6.98. The third-order valence-corrected chi connectivity index (χ3v) is 3.09. The van der Waals surface area contributed by atoms with Crippen LogP contribution in [-0.2, 0) is 9.57 Å². The van der Waals surface area contributed by atoms with Crippen molar-refractivity contribution in [2.24, 2.45) is 10.9 Å². The van der Waals surface area contributed by atoms with Crippen LogP contribution < -0.4 is 0 Å². The van der Waals surface area contributed by atoms with E-state index in [2.05, 4.69) is 11.1 Å². The second-order valence-corrected chi connectivity index (χ2v) is 6.00. The summed E-state index contributed by atoms with van der Waals surface area (Å²) in [4.78, 5) is 21.0. The molecule has 0 aromatic carbocycles. The van der Waals surface area contributed by atoms with Crippen molar-refractivity contribution in [1.82, 2.24) is 5.06 Å². The largest absolute Gasteiger partial charge is 0.533 e. The second kappa shape index (κ2) is 6.11. The van der Waals surface area contributed by atoms with Crippen molar-refractivity contribution in [2.75, 3.05) is 13.1 Å². The highest BCUT2D eigenvalue weighted by Crippen LogP contribution is 2.23. The third-order valence-electron chi connectivity index (χ3n) is 3.09. The topological polar surface area (TPSA) is 51.1 Å². The number of carbonyl (C=O) groups excluding carboxylic acids is 1. The summed E-state index contributed by atoms with van der Waals surface area (Å²) < 4.78 is 5.11. The predicted octanol–water partition coefficient (Wildman–Crippen LogP) is 3.09. The SMILES string of the molecule is CC(C)(C)OC(=O)ON1C=CC(C2CCC=NC2)=CC1. The minimum absolute atomic E-state index is 0.486. The van der Waals surface area contributed by atoms with Crippen LogP contribution in [0.3, 0.4) is 0 Å². The molecule has 110 valence electrons. The molecule has 0 aromatic heterocycles. The summed E-state index contributed by atoms with van der Waals surface area (Å²) in [6.45, 7) is 6.82.